The number of aryl methyl sites for hydroxylation is 1. The number of rotatable bonds is 4. The van der Waals surface area contributed by atoms with Crippen molar-refractivity contribution in [2.75, 3.05) is 0 Å². The van der Waals surface area contributed by atoms with Crippen LogP contribution in [-0.4, -0.2) is 18.7 Å². The Hall–Kier alpha value is -3.48. The fourth-order valence-corrected chi connectivity index (χ4v) is 3.79. The Morgan fingerprint density at radius 3 is 2.62 bits per heavy atom. The molecule has 1 saturated carbocycles. The Balaban J connectivity index is 1.80. The lowest BCUT2D eigenvalue weighted by atomic mass is 10.2. The summed E-state index contributed by atoms with van der Waals surface area (Å²) in [4.78, 5) is 30.9. The van der Waals surface area contributed by atoms with Gasteiger partial charge in [0, 0.05) is 12.6 Å². The van der Waals surface area contributed by atoms with E-state index in [0.717, 1.165) is 24.0 Å². The molecule has 29 heavy (non-hydrogen) atoms. The monoisotopic (exact) mass is 390 g/mol. The lowest BCUT2D eigenvalue weighted by Crippen LogP contribution is -2.39. The molecule has 0 amide bonds. The van der Waals surface area contributed by atoms with Gasteiger partial charge in [0.1, 0.15) is 5.82 Å². The molecule has 1 fully saturated rings. The van der Waals surface area contributed by atoms with Crippen LogP contribution < -0.4 is 11.2 Å². The van der Waals surface area contributed by atoms with E-state index in [1.807, 2.05) is 31.2 Å². The summed E-state index contributed by atoms with van der Waals surface area (Å²) in [6.07, 6.45) is 3.17. The molecule has 6 nitrogen and oxygen atoms in total. The Bertz CT molecular complexity index is 1360. The first-order valence-electron chi connectivity index (χ1n) is 9.57. The van der Waals surface area contributed by atoms with Crippen LogP contribution in [0.5, 0.6) is 0 Å². The Kier molecular flexibility index (Phi) is 3.97. The zero-order valence-electron chi connectivity index (χ0n) is 15.9. The summed E-state index contributed by atoms with van der Waals surface area (Å²) in [5.41, 5.74) is 2.30. The molecule has 1 aliphatic rings. The third-order valence-electron chi connectivity index (χ3n) is 5.36. The minimum absolute atomic E-state index is 0.0767. The van der Waals surface area contributed by atoms with Crippen LogP contribution in [0.1, 0.15) is 30.0 Å². The molecule has 0 saturated heterocycles. The molecule has 0 unspecified atom stereocenters. The molecule has 146 valence electrons. The van der Waals surface area contributed by atoms with Gasteiger partial charge in [0.15, 0.2) is 11.2 Å². The second-order valence-corrected chi connectivity index (χ2v) is 7.49. The number of para-hydroxylation sites is 1. The first-order valence-corrected chi connectivity index (χ1v) is 9.57. The van der Waals surface area contributed by atoms with Gasteiger partial charge in [0.2, 0.25) is 0 Å². The normalized spacial score (nSPS) is 13.9. The molecule has 0 aliphatic heterocycles. The Morgan fingerprint density at radius 2 is 1.90 bits per heavy atom. The van der Waals surface area contributed by atoms with E-state index < -0.39 is 0 Å². The predicted octanol–water partition coefficient (Wildman–Crippen LogP) is 3.18. The molecule has 0 bridgehead atoms. The average Bonchev–Trinajstić information content (AvgIpc) is 3.44. The van der Waals surface area contributed by atoms with Crippen LogP contribution in [0.3, 0.4) is 0 Å². The van der Waals surface area contributed by atoms with Gasteiger partial charge >= 0.3 is 5.69 Å². The van der Waals surface area contributed by atoms with Gasteiger partial charge in [-0.1, -0.05) is 30.3 Å². The highest BCUT2D eigenvalue weighted by atomic mass is 19.1. The number of nitrogens with zero attached hydrogens (tertiary/aromatic N) is 4. The van der Waals surface area contributed by atoms with Gasteiger partial charge in [-0.05, 0) is 49.1 Å². The first-order chi connectivity index (χ1) is 14.0. The molecule has 0 N–H and O–H groups in total. The number of aromatic nitrogens is 4. The van der Waals surface area contributed by atoms with Gasteiger partial charge in [-0.15, -0.1) is 0 Å². The van der Waals surface area contributed by atoms with Crippen LogP contribution in [0, 0.1) is 12.7 Å². The highest BCUT2D eigenvalue weighted by Crippen LogP contribution is 2.32. The largest absolute Gasteiger partial charge is 0.337 e. The van der Waals surface area contributed by atoms with E-state index in [1.165, 1.54) is 21.3 Å². The maximum Gasteiger partial charge on any atom is 0.337 e. The summed E-state index contributed by atoms with van der Waals surface area (Å²) in [5, 5.41) is 0. The maximum absolute atomic E-state index is 13.6. The van der Waals surface area contributed by atoms with Crippen LogP contribution >= 0.6 is 0 Å². The van der Waals surface area contributed by atoms with Crippen LogP contribution in [0.4, 0.5) is 4.39 Å². The van der Waals surface area contributed by atoms with Crippen molar-refractivity contribution in [1.82, 2.24) is 18.7 Å². The zero-order valence-corrected chi connectivity index (χ0v) is 15.9. The van der Waals surface area contributed by atoms with Gasteiger partial charge in [0.05, 0.1) is 12.0 Å². The summed E-state index contributed by atoms with van der Waals surface area (Å²) < 4.78 is 18.2. The molecule has 4 aromatic rings. The fourth-order valence-electron chi connectivity index (χ4n) is 3.79. The quantitative estimate of drug-likeness (QED) is 0.538. The molecule has 0 radical (unpaired) electrons. The number of halogens is 1. The van der Waals surface area contributed by atoms with Crippen LogP contribution in [0.2, 0.25) is 0 Å². The van der Waals surface area contributed by atoms with E-state index in [0.29, 0.717) is 23.4 Å². The highest BCUT2D eigenvalue weighted by Gasteiger charge is 2.30. The van der Waals surface area contributed by atoms with Crippen molar-refractivity contribution in [1.29, 1.82) is 0 Å². The molecule has 7 heteroatoms. The number of fused-ring (bicyclic) bond motifs is 1. The summed E-state index contributed by atoms with van der Waals surface area (Å²) in [6.45, 7) is 2.21. The smallest absolute Gasteiger partial charge is 0.320 e. The van der Waals surface area contributed by atoms with Crippen molar-refractivity contribution in [2.45, 2.75) is 32.4 Å². The zero-order chi connectivity index (χ0) is 20.1. The summed E-state index contributed by atoms with van der Waals surface area (Å²) >= 11 is 0. The standard InChI is InChI=1S/C22H19FN4O2/c1-14-5-2-3-8-18(14)27-20-19(21(28)26(22(27)29)17-9-10-17)25(13-24-20)12-15-6-4-7-16(23)11-15/h2-8,11,13,17H,9-10,12H2,1H3. The van der Waals surface area contributed by atoms with Gasteiger partial charge < -0.3 is 4.57 Å². The third-order valence-corrected chi connectivity index (χ3v) is 5.36. The van der Waals surface area contributed by atoms with Crippen molar-refractivity contribution in [2.24, 2.45) is 0 Å². The van der Waals surface area contributed by atoms with Crippen LogP contribution in [0.25, 0.3) is 16.9 Å². The molecule has 2 aromatic heterocycles. The Morgan fingerprint density at radius 1 is 1.10 bits per heavy atom. The van der Waals surface area contributed by atoms with Crippen LogP contribution in [-0.2, 0) is 6.54 Å². The van der Waals surface area contributed by atoms with E-state index >= 15 is 0 Å². The van der Waals surface area contributed by atoms with E-state index in [9.17, 15) is 14.0 Å². The lowest BCUT2D eigenvalue weighted by molar-refractivity contribution is 0.623. The molecule has 0 spiro atoms. The van der Waals surface area contributed by atoms with Crippen LogP contribution in [0.15, 0.2) is 64.4 Å². The molecule has 5 rings (SSSR count). The van der Waals surface area contributed by atoms with Gasteiger partial charge in [-0.3, -0.25) is 9.36 Å². The maximum atomic E-state index is 13.6. The number of hydrogen-bond donors (Lipinski definition) is 0. The van der Waals surface area contributed by atoms with Crippen molar-refractivity contribution in [3.63, 3.8) is 0 Å². The molecule has 1 aliphatic carbocycles. The average molecular weight is 390 g/mol. The topological polar surface area (TPSA) is 61.8 Å². The van der Waals surface area contributed by atoms with E-state index in [2.05, 4.69) is 4.98 Å². The first kappa shape index (κ1) is 17.6. The van der Waals surface area contributed by atoms with Gasteiger partial charge in [-0.2, -0.15) is 0 Å². The summed E-state index contributed by atoms with van der Waals surface area (Å²) in [6, 6.07) is 13.7. The highest BCUT2D eigenvalue weighted by molar-refractivity contribution is 5.73. The van der Waals surface area contributed by atoms with Crippen molar-refractivity contribution < 1.29 is 4.39 Å². The van der Waals surface area contributed by atoms with E-state index in [-0.39, 0.29) is 23.1 Å². The molecular formula is C22H19FN4O2. The number of imidazole rings is 1. The summed E-state index contributed by atoms with van der Waals surface area (Å²) in [5.74, 6) is -0.334. The number of hydrogen-bond acceptors (Lipinski definition) is 3. The van der Waals surface area contributed by atoms with E-state index in [1.54, 1.807) is 23.0 Å². The summed E-state index contributed by atoms with van der Waals surface area (Å²) in [7, 11) is 0. The second-order valence-electron chi connectivity index (χ2n) is 7.49. The second kappa shape index (κ2) is 6.55. The SMILES string of the molecule is Cc1ccccc1-n1c(=O)n(C2CC2)c(=O)c2c1ncn2Cc1cccc(F)c1. The van der Waals surface area contributed by atoms with Gasteiger partial charge in [-0.25, -0.2) is 18.7 Å². The fraction of sp³-hybridized carbons (Fsp3) is 0.227. The lowest BCUT2D eigenvalue weighted by Gasteiger charge is -2.14. The third kappa shape index (κ3) is 2.90. The molecule has 2 aromatic carbocycles. The van der Waals surface area contributed by atoms with Crippen molar-refractivity contribution in [3.05, 3.63) is 92.6 Å². The predicted molar refractivity (Wildman–Crippen MR) is 108 cm³/mol. The van der Waals surface area contributed by atoms with Gasteiger partial charge in [0.25, 0.3) is 5.56 Å². The van der Waals surface area contributed by atoms with E-state index in [4.69, 9.17) is 0 Å². The molecular weight excluding hydrogens is 371 g/mol. The molecule has 2 heterocycles. The Labute approximate surface area is 165 Å². The number of benzene rings is 2. The minimum Gasteiger partial charge on any atom is -0.320 e. The van der Waals surface area contributed by atoms with Crippen molar-refractivity contribution in [3.8, 4) is 5.69 Å². The van der Waals surface area contributed by atoms with Crippen molar-refractivity contribution >= 4 is 11.2 Å². The minimum atomic E-state index is -0.365. The molecule has 0 atom stereocenters.